The number of nitrogens with zero attached hydrogens (tertiary/aromatic N) is 4. The van der Waals surface area contributed by atoms with Crippen molar-refractivity contribution >= 4 is 29.2 Å². The first-order valence-corrected chi connectivity index (χ1v) is 12.0. The number of methoxy groups -OCH3 is 2. The van der Waals surface area contributed by atoms with E-state index in [1.54, 1.807) is 18.1 Å². The van der Waals surface area contributed by atoms with Crippen molar-refractivity contribution in [3.63, 3.8) is 0 Å². The number of nitrogen functional groups attached to an aromatic ring is 1. The number of likely N-dealkylation sites (tertiary alicyclic amines) is 1. The number of rotatable bonds is 7. The Hall–Kier alpha value is -2.27. The molecule has 10 nitrogen and oxygen atoms in total. The number of halogens is 1. The summed E-state index contributed by atoms with van der Waals surface area (Å²) < 4.78 is 11.0. The van der Waals surface area contributed by atoms with Crippen LogP contribution in [0.25, 0.3) is 0 Å². The summed E-state index contributed by atoms with van der Waals surface area (Å²) in [6, 6.07) is 3.00. The van der Waals surface area contributed by atoms with Crippen molar-refractivity contribution in [3.05, 3.63) is 22.7 Å². The van der Waals surface area contributed by atoms with Crippen LogP contribution in [-0.2, 0) is 4.74 Å². The number of anilines is 1. The zero-order valence-corrected chi connectivity index (χ0v) is 21.3. The molecule has 0 radical (unpaired) electrons. The van der Waals surface area contributed by atoms with E-state index in [1.807, 2.05) is 11.9 Å². The highest BCUT2D eigenvalue weighted by molar-refractivity contribution is 6.33. The number of carbonyl (C=O) groups excluding carboxylic acids is 2. The maximum absolute atomic E-state index is 12.9. The molecule has 11 heteroatoms. The minimum absolute atomic E-state index is 0.0784. The molecular formula is C23H37ClN6O4. The number of ether oxygens (including phenoxy) is 2. The average Bonchev–Trinajstić information content (AvgIpc) is 2.84. The molecule has 0 saturated carbocycles. The van der Waals surface area contributed by atoms with Gasteiger partial charge < -0.3 is 35.2 Å². The topological polar surface area (TPSA) is 104 Å². The number of piperidine rings is 1. The molecule has 2 aliphatic rings. The highest BCUT2D eigenvalue weighted by atomic mass is 35.5. The molecule has 2 saturated heterocycles. The van der Waals surface area contributed by atoms with Gasteiger partial charge in [0.25, 0.3) is 5.91 Å². The van der Waals surface area contributed by atoms with Gasteiger partial charge in [-0.3, -0.25) is 9.69 Å². The summed E-state index contributed by atoms with van der Waals surface area (Å²) in [7, 11) is 7.07. The first kappa shape index (κ1) is 26.3. The monoisotopic (exact) mass is 496 g/mol. The van der Waals surface area contributed by atoms with Crippen molar-refractivity contribution in [2.45, 2.75) is 18.6 Å². The Morgan fingerprint density at radius 2 is 1.91 bits per heavy atom. The summed E-state index contributed by atoms with van der Waals surface area (Å²) in [5.74, 6) is 0.0932. The molecule has 1 aromatic carbocycles. The zero-order valence-electron chi connectivity index (χ0n) is 20.6. The second kappa shape index (κ2) is 11.9. The highest BCUT2D eigenvalue weighted by Gasteiger charge is 2.32. The van der Waals surface area contributed by atoms with Crippen molar-refractivity contribution in [2.24, 2.45) is 0 Å². The van der Waals surface area contributed by atoms with Gasteiger partial charge in [0, 0.05) is 72.6 Å². The molecule has 1 aromatic rings. The van der Waals surface area contributed by atoms with E-state index in [4.69, 9.17) is 26.8 Å². The van der Waals surface area contributed by atoms with E-state index in [0.29, 0.717) is 35.1 Å². The van der Waals surface area contributed by atoms with Crippen LogP contribution in [0.4, 0.5) is 10.5 Å². The Morgan fingerprint density at radius 1 is 1.21 bits per heavy atom. The van der Waals surface area contributed by atoms with Crippen molar-refractivity contribution in [3.8, 4) is 5.75 Å². The Kier molecular flexibility index (Phi) is 9.24. The van der Waals surface area contributed by atoms with E-state index in [-0.39, 0.29) is 24.1 Å². The third-order valence-electron chi connectivity index (χ3n) is 6.68. The summed E-state index contributed by atoms with van der Waals surface area (Å²) in [5.41, 5.74) is 6.52. The maximum atomic E-state index is 12.9. The number of nitrogens with one attached hydrogen (secondary N) is 1. The quantitative estimate of drug-likeness (QED) is 0.544. The number of nitrogens with two attached hydrogens (primary N) is 1. The predicted octanol–water partition coefficient (Wildman–Crippen LogP) is 1.05. The molecule has 0 aromatic heterocycles. The van der Waals surface area contributed by atoms with Gasteiger partial charge in [-0.25, -0.2) is 4.79 Å². The summed E-state index contributed by atoms with van der Waals surface area (Å²) in [5, 5.41) is 3.37. The normalized spacial score (nSPS) is 21.9. The standard InChI is InChI=1S/C23H37ClN6O4/c1-27-7-11-30(12-8-27)23(32)28(2)9-10-29-6-5-19(21(15-29)34-4)26-22(31)16-13-17(24)18(25)14-20(16)33-3/h13-14,19,21H,5-12,15,25H2,1-4H3,(H,26,31). The molecule has 0 bridgehead atoms. The van der Waals surface area contributed by atoms with Gasteiger partial charge in [-0.1, -0.05) is 11.6 Å². The fourth-order valence-electron chi connectivity index (χ4n) is 4.38. The summed E-state index contributed by atoms with van der Waals surface area (Å²) in [6.45, 7) is 6.18. The van der Waals surface area contributed by atoms with Gasteiger partial charge in [-0.15, -0.1) is 0 Å². The maximum Gasteiger partial charge on any atom is 0.319 e. The average molecular weight is 497 g/mol. The van der Waals surface area contributed by atoms with Crippen LogP contribution in [0.2, 0.25) is 5.02 Å². The summed E-state index contributed by atoms with van der Waals surface area (Å²) in [6.07, 6.45) is 0.553. The SMILES string of the molecule is COc1cc(N)c(Cl)cc1C(=O)NC1CCN(CCN(C)C(=O)N2CCN(C)CC2)CC1OC. The van der Waals surface area contributed by atoms with Gasteiger partial charge in [0.05, 0.1) is 35.5 Å². The summed E-state index contributed by atoms with van der Waals surface area (Å²) in [4.78, 5) is 33.9. The largest absolute Gasteiger partial charge is 0.496 e. The smallest absolute Gasteiger partial charge is 0.319 e. The molecule has 2 atom stereocenters. The molecule has 3 amide bonds. The Labute approximate surface area is 206 Å². The molecule has 0 aliphatic carbocycles. The van der Waals surface area contributed by atoms with Gasteiger partial charge in [0.15, 0.2) is 0 Å². The minimum atomic E-state index is -0.281. The van der Waals surface area contributed by atoms with Gasteiger partial charge in [-0.2, -0.15) is 0 Å². The third-order valence-corrected chi connectivity index (χ3v) is 7.01. The number of hydrogen-bond acceptors (Lipinski definition) is 7. The fraction of sp³-hybridized carbons (Fsp3) is 0.652. The molecule has 34 heavy (non-hydrogen) atoms. The fourth-order valence-corrected chi connectivity index (χ4v) is 4.54. The van der Waals surface area contributed by atoms with Crippen molar-refractivity contribution in [1.29, 1.82) is 0 Å². The van der Waals surface area contributed by atoms with Crippen LogP contribution in [0.3, 0.4) is 0 Å². The lowest BCUT2D eigenvalue weighted by Crippen LogP contribution is -2.56. The third kappa shape index (κ3) is 6.44. The molecule has 3 rings (SSSR count). The molecule has 0 spiro atoms. The van der Waals surface area contributed by atoms with E-state index >= 15 is 0 Å². The Bertz CT molecular complexity index is 864. The molecule has 3 N–H and O–H groups in total. The van der Waals surface area contributed by atoms with Gasteiger partial charge in [0.2, 0.25) is 0 Å². The summed E-state index contributed by atoms with van der Waals surface area (Å²) >= 11 is 6.12. The van der Waals surface area contributed by atoms with E-state index in [2.05, 4.69) is 22.2 Å². The van der Waals surface area contributed by atoms with Crippen LogP contribution in [0.5, 0.6) is 5.75 Å². The van der Waals surface area contributed by atoms with Crippen LogP contribution in [0.15, 0.2) is 12.1 Å². The number of amides is 3. The van der Waals surface area contributed by atoms with Crippen LogP contribution in [-0.4, -0.2) is 124 Å². The molecule has 2 heterocycles. The number of benzene rings is 1. The lowest BCUT2D eigenvalue weighted by molar-refractivity contribution is 0.00485. The van der Waals surface area contributed by atoms with E-state index in [0.717, 1.165) is 45.7 Å². The van der Waals surface area contributed by atoms with Crippen LogP contribution in [0.1, 0.15) is 16.8 Å². The molecule has 2 fully saturated rings. The van der Waals surface area contributed by atoms with Crippen molar-refractivity contribution < 1.29 is 19.1 Å². The first-order chi connectivity index (χ1) is 16.2. The molecule has 190 valence electrons. The first-order valence-electron chi connectivity index (χ1n) is 11.6. The highest BCUT2D eigenvalue weighted by Crippen LogP contribution is 2.29. The van der Waals surface area contributed by atoms with Crippen molar-refractivity contribution in [1.82, 2.24) is 24.9 Å². The minimum Gasteiger partial charge on any atom is -0.496 e. The van der Waals surface area contributed by atoms with Gasteiger partial charge >= 0.3 is 6.03 Å². The van der Waals surface area contributed by atoms with Crippen LogP contribution < -0.4 is 15.8 Å². The zero-order chi connectivity index (χ0) is 24.8. The van der Waals surface area contributed by atoms with Gasteiger partial charge in [-0.05, 0) is 19.5 Å². The number of urea groups is 1. The number of hydrogen-bond donors (Lipinski definition) is 2. The van der Waals surface area contributed by atoms with E-state index < -0.39 is 0 Å². The number of piperazine rings is 1. The van der Waals surface area contributed by atoms with Crippen molar-refractivity contribution in [2.75, 3.05) is 86.4 Å². The number of likely N-dealkylation sites (N-methyl/N-ethyl adjacent to an activating group) is 2. The van der Waals surface area contributed by atoms with Crippen LogP contribution in [0, 0.1) is 0 Å². The van der Waals surface area contributed by atoms with E-state index in [9.17, 15) is 9.59 Å². The second-order valence-corrected chi connectivity index (χ2v) is 9.42. The Balaban J connectivity index is 1.51. The molecule has 2 unspecified atom stereocenters. The lowest BCUT2D eigenvalue weighted by atomic mass is 10.0. The second-order valence-electron chi connectivity index (χ2n) is 9.01. The predicted molar refractivity (Wildman–Crippen MR) is 133 cm³/mol. The number of carbonyl (C=O) groups is 2. The molecular weight excluding hydrogens is 460 g/mol. The Morgan fingerprint density at radius 3 is 2.56 bits per heavy atom. The molecule has 2 aliphatic heterocycles. The van der Waals surface area contributed by atoms with Crippen LogP contribution >= 0.6 is 11.6 Å². The lowest BCUT2D eigenvalue weighted by Gasteiger charge is -2.39. The van der Waals surface area contributed by atoms with Gasteiger partial charge in [0.1, 0.15) is 5.75 Å². The van der Waals surface area contributed by atoms with E-state index in [1.165, 1.54) is 13.2 Å².